The largest absolute Gasteiger partial charge is 0.361 e. The topological polar surface area (TPSA) is 26.0 Å². The van der Waals surface area contributed by atoms with E-state index in [-0.39, 0.29) is 0 Å². The third kappa shape index (κ3) is 4.09. The molecule has 0 saturated carbocycles. The fraction of sp³-hybridized carbons (Fsp3) is 0.625. The fourth-order valence-corrected chi connectivity index (χ4v) is 0.879. The lowest BCUT2D eigenvalue weighted by atomic mass is 10.3. The van der Waals surface area contributed by atoms with Crippen molar-refractivity contribution < 1.29 is 4.52 Å². The zero-order valence-electron chi connectivity index (χ0n) is 7.29. The summed E-state index contributed by atoms with van der Waals surface area (Å²) in [6, 6.07) is 1.93. The Morgan fingerprint density at radius 1 is 1.55 bits per heavy atom. The highest BCUT2D eigenvalue weighted by molar-refractivity contribution is 7.80. The van der Waals surface area contributed by atoms with Gasteiger partial charge in [-0.25, -0.2) is 0 Å². The Kier molecular flexibility index (Phi) is 6.03. The predicted octanol–water partition coefficient (Wildman–Crippen LogP) is 2.48. The number of aromatic nitrogens is 1. The molecule has 0 saturated heterocycles. The average Bonchev–Trinajstić information content (AvgIpc) is 2.41. The lowest BCUT2D eigenvalue weighted by Gasteiger charge is -1.82. The summed E-state index contributed by atoms with van der Waals surface area (Å²) >= 11 is 4.06. The molecule has 3 heteroatoms. The zero-order valence-corrected chi connectivity index (χ0v) is 8.19. The monoisotopic (exact) mass is 173 g/mol. The van der Waals surface area contributed by atoms with E-state index < -0.39 is 0 Å². The Labute approximate surface area is 73.4 Å². The summed E-state index contributed by atoms with van der Waals surface area (Å²) in [5.41, 5.74) is 0.988. The summed E-state index contributed by atoms with van der Waals surface area (Å²) in [5.74, 6) is 1.69. The van der Waals surface area contributed by atoms with Crippen LogP contribution in [0.15, 0.2) is 10.6 Å². The van der Waals surface area contributed by atoms with Crippen molar-refractivity contribution in [1.82, 2.24) is 5.16 Å². The van der Waals surface area contributed by atoms with Crippen LogP contribution < -0.4 is 0 Å². The van der Waals surface area contributed by atoms with E-state index in [4.69, 9.17) is 4.52 Å². The first-order chi connectivity index (χ1) is 5.33. The van der Waals surface area contributed by atoms with Crippen LogP contribution in [0.3, 0.4) is 0 Å². The second-order valence-electron chi connectivity index (χ2n) is 1.90. The van der Waals surface area contributed by atoms with Crippen molar-refractivity contribution >= 4 is 12.6 Å². The second kappa shape index (κ2) is 6.28. The van der Waals surface area contributed by atoms with Crippen LogP contribution >= 0.6 is 12.6 Å². The maximum Gasteiger partial charge on any atom is 0.133 e. The number of thiol groups is 1. The third-order valence-electron chi connectivity index (χ3n) is 1.04. The molecule has 0 aliphatic rings. The molecule has 11 heavy (non-hydrogen) atoms. The highest BCUT2D eigenvalue weighted by Crippen LogP contribution is 2.01. The van der Waals surface area contributed by atoms with Gasteiger partial charge < -0.3 is 4.52 Å². The molecule has 0 radical (unpaired) electrons. The molecule has 1 rings (SSSR count). The molecule has 0 spiro atoms. The van der Waals surface area contributed by atoms with Gasteiger partial charge >= 0.3 is 0 Å². The highest BCUT2D eigenvalue weighted by Gasteiger charge is 1.96. The van der Waals surface area contributed by atoms with Gasteiger partial charge in [-0.2, -0.15) is 12.6 Å². The van der Waals surface area contributed by atoms with Crippen LogP contribution in [0.4, 0.5) is 0 Å². The molecule has 0 unspecified atom stereocenters. The van der Waals surface area contributed by atoms with Crippen LogP contribution in [-0.4, -0.2) is 10.9 Å². The minimum absolute atomic E-state index is 0.825. The quantitative estimate of drug-likeness (QED) is 0.695. The third-order valence-corrected chi connectivity index (χ3v) is 1.27. The maximum atomic E-state index is 4.83. The molecular weight excluding hydrogens is 158 g/mol. The maximum absolute atomic E-state index is 4.83. The van der Waals surface area contributed by atoms with Crippen LogP contribution in [0.2, 0.25) is 0 Å². The summed E-state index contributed by atoms with van der Waals surface area (Å²) in [7, 11) is 0. The minimum atomic E-state index is 0.825. The van der Waals surface area contributed by atoms with E-state index in [1.54, 1.807) is 0 Å². The van der Waals surface area contributed by atoms with Crippen LogP contribution in [0.1, 0.15) is 25.3 Å². The van der Waals surface area contributed by atoms with Gasteiger partial charge in [0.05, 0.1) is 5.69 Å². The van der Waals surface area contributed by atoms with Crippen molar-refractivity contribution in [2.45, 2.75) is 27.2 Å². The molecule has 0 aliphatic carbocycles. The van der Waals surface area contributed by atoms with Gasteiger partial charge in [0.25, 0.3) is 0 Å². The van der Waals surface area contributed by atoms with E-state index in [0.717, 1.165) is 23.6 Å². The van der Waals surface area contributed by atoms with Gasteiger partial charge in [-0.05, 0) is 12.7 Å². The lowest BCUT2D eigenvalue weighted by molar-refractivity contribution is 0.391. The lowest BCUT2D eigenvalue weighted by Crippen LogP contribution is -1.83. The number of nitrogens with zero attached hydrogens (tertiary/aromatic N) is 1. The van der Waals surface area contributed by atoms with Gasteiger partial charge in [0.15, 0.2) is 0 Å². The van der Waals surface area contributed by atoms with Crippen LogP contribution in [0.5, 0.6) is 0 Å². The van der Waals surface area contributed by atoms with Crippen molar-refractivity contribution in [2.24, 2.45) is 0 Å². The Bertz CT molecular complexity index is 186. The van der Waals surface area contributed by atoms with Crippen LogP contribution in [0, 0.1) is 6.92 Å². The van der Waals surface area contributed by atoms with Crippen molar-refractivity contribution in [3.05, 3.63) is 17.5 Å². The Morgan fingerprint density at radius 2 is 2.18 bits per heavy atom. The summed E-state index contributed by atoms with van der Waals surface area (Å²) in [6.45, 7) is 5.88. The predicted molar refractivity (Wildman–Crippen MR) is 50.1 cm³/mol. The summed E-state index contributed by atoms with van der Waals surface area (Å²) in [6.07, 6.45) is 0.889. The number of rotatable bonds is 2. The first kappa shape index (κ1) is 10.6. The zero-order chi connectivity index (χ0) is 8.69. The molecule has 0 aromatic carbocycles. The molecule has 2 nitrogen and oxygen atoms in total. The fourth-order valence-electron chi connectivity index (χ4n) is 0.650. The van der Waals surface area contributed by atoms with E-state index >= 15 is 0 Å². The van der Waals surface area contributed by atoms with Crippen LogP contribution in [-0.2, 0) is 6.42 Å². The molecule has 0 bridgehead atoms. The number of hydrogen-bond acceptors (Lipinski definition) is 3. The molecule has 0 fully saturated rings. The van der Waals surface area contributed by atoms with Gasteiger partial charge in [0, 0.05) is 12.5 Å². The summed E-state index contributed by atoms with van der Waals surface area (Å²) in [4.78, 5) is 0. The van der Waals surface area contributed by atoms with Gasteiger partial charge in [-0.3, -0.25) is 0 Å². The van der Waals surface area contributed by atoms with Crippen LogP contribution in [0.25, 0.3) is 0 Å². The smallest absolute Gasteiger partial charge is 0.133 e. The van der Waals surface area contributed by atoms with E-state index in [1.807, 2.05) is 26.8 Å². The Morgan fingerprint density at radius 3 is 2.55 bits per heavy atom. The molecular formula is C8H15NOS. The molecule has 0 N–H and O–H groups in total. The molecule has 0 aliphatic heterocycles. The SMILES string of the molecule is CC.Cc1cc(CCS)no1. The van der Waals surface area contributed by atoms with Crippen molar-refractivity contribution in [3.8, 4) is 0 Å². The minimum Gasteiger partial charge on any atom is -0.361 e. The van der Waals surface area contributed by atoms with Crippen molar-refractivity contribution in [2.75, 3.05) is 5.75 Å². The number of aryl methyl sites for hydroxylation is 2. The first-order valence-corrected chi connectivity index (χ1v) is 4.49. The normalized spacial score (nSPS) is 8.73. The average molecular weight is 173 g/mol. The van der Waals surface area contributed by atoms with E-state index in [2.05, 4.69) is 17.8 Å². The highest BCUT2D eigenvalue weighted by atomic mass is 32.1. The summed E-state index contributed by atoms with van der Waals surface area (Å²) in [5, 5.41) is 3.78. The van der Waals surface area contributed by atoms with E-state index in [0.29, 0.717) is 0 Å². The second-order valence-corrected chi connectivity index (χ2v) is 2.35. The molecule has 0 atom stereocenters. The number of hydrogen-bond donors (Lipinski definition) is 1. The van der Waals surface area contributed by atoms with Crippen molar-refractivity contribution in [1.29, 1.82) is 0 Å². The Hall–Kier alpha value is -0.440. The first-order valence-electron chi connectivity index (χ1n) is 3.86. The molecule has 0 amide bonds. The van der Waals surface area contributed by atoms with Gasteiger partial charge in [-0.1, -0.05) is 19.0 Å². The van der Waals surface area contributed by atoms with Gasteiger partial charge in [-0.15, -0.1) is 0 Å². The van der Waals surface area contributed by atoms with E-state index in [1.165, 1.54) is 0 Å². The Balaban J connectivity index is 0.000000461. The molecule has 1 aromatic rings. The van der Waals surface area contributed by atoms with Gasteiger partial charge in [0.2, 0.25) is 0 Å². The standard InChI is InChI=1S/C6H9NOS.C2H6/c1-5-4-6(2-3-9)7-8-5;1-2/h4,9H,2-3H2,1H3;1-2H3. The molecule has 1 aromatic heterocycles. The van der Waals surface area contributed by atoms with Gasteiger partial charge in [0.1, 0.15) is 5.76 Å². The van der Waals surface area contributed by atoms with E-state index in [9.17, 15) is 0 Å². The van der Waals surface area contributed by atoms with Crippen molar-refractivity contribution in [3.63, 3.8) is 0 Å². The molecule has 64 valence electrons. The molecule has 1 heterocycles. The summed E-state index contributed by atoms with van der Waals surface area (Å²) < 4.78 is 4.83.